The van der Waals surface area contributed by atoms with Gasteiger partial charge in [-0.2, -0.15) is 0 Å². The van der Waals surface area contributed by atoms with Gasteiger partial charge in [-0.15, -0.1) is 0 Å². The first-order chi connectivity index (χ1) is 16.4. The molecule has 0 radical (unpaired) electrons. The van der Waals surface area contributed by atoms with E-state index in [4.69, 9.17) is 17.0 Å². The monoisotopic (exact) mass is 479 g/mol. The van der Waals surface area contributed by atoms with Gasteiger partial charge in [0.1, 0.15) is 5.75 Å². The van der Waals surface area contributed by atoms with Crippen molar-refractivity contribution >= 4 is 23.0 Å². The van der Waals surface area contributed by atoms with Crippen LogP contribution in [0, 0.1) is 24.0 Å². The SMILES string of the molecule is CCCCN1C(=S)N[C@@H](c2ccccn2)[C@H]1c1cc(C)n(-c2cc([N+](=O)[O-])ccc2OC)c1C. The summed E-state index contributed by atoms with van der Waals surface area (Å²) < 4.78 is 7.59. The fraction of sp³-hybridized carbons (Fsp3) is 0.360. The number of methoxy groups -OCH3 is 1. The maximum atomic E-state index is 11.5. The third-order valence-corrected chi connectivity index (χ3v) is 6.71. The topological polar surface area (TPSA) is 85.5 Å². The summed E-state index contributed by atoms with van der Waals surface area (Å²) in [5, 5.41) is 15.7. The number of benzene rings is 1. The lowest BCUT2D eigenvalue weighted by atomic mass is 9.96. The van der Waals surface area contributed by atoms with Crippen LogP contribution >= 0.6 is 12.2 Å². The Hall–Kier alpha value is -3.46. The molecule has 34 heavy (non-hydrogen) atoms. The second kappa shape index (κ2) is 9.80. The molecule has 0 aliphatic carbocycles. The van der Waals surface area contributed by atoms with Crippen molar-refractivity contribution in [2.24, 2.45) is 0 Å². The predicted molar refractivity (Wildman–Crippen MR) is 136 cm³/mol. The van der Waals surface area contributed by atoms with Crippen LogP contribution in [0.15, 0.2) is 48.7 Å². The molecule has 4 rings (SSSR count). The van der Waals surface area contributed by atoms with Crippen molar-refractivity contribution in [1.82, 2.24) is 19.8 Å². The van der Waals surface area contributed by atoms with Crippen molar-refractivity contribution in [2.45, 2.75) is 45.7 Å². The van der Waals surface area contributed by atoms with Crippen LogP contribution in [0.2, 0.25) is 0 Å². The number of hydrogen-bond acceptors (Lipinski definition) is 5. The van der Waals surface area contributed by atoms with Gasteiger partial charge in [0, 0.05) is 36.3 Å². The number of ether oxygens (including phenoxy) is 1. The van der Waals surface area contributed by atoms with Crippen molar-refractivity contribution in [2.75, 3.05) is 13.7 Å². The average molecular weight is 480 g/mol. The van der Waals surface area contributed by atoms with Gasteiger partial charge in [0.05, 0.1) is 35.5 Å². The summed E-state index contributed by atoms with van der Waals surface area (Å²) in [6.45, 7) is 7.04. The van der Waals surface area contributed by atoms with Gasteiger partial charge < -0.3 is 19.5 Å². The number of pyridine rings is 1. The minimum absolute atomic E-state index is 0.0181. The van der Waals surface area contributed by atoms with Crippen LogP contribution < -0.4 is 10.1 Å². The molecule has 1 aromatic carbocycles. The second-order valence-electron chi connectivity index (χ2n) is 8.45. The molecule has 2 atom stereocenters. The van der Waals surface area contributed by atoms with Gasteiger partial charge in [-0.05, 0) is 62.3 Å². The van der Waals surface area contributed by atoms with Gasteiger partial charge in [-0.25, -0.2) is 0 Å². The number of thiocarbonyl (C=S) groups is 1. The molecule has 0 bridgehead atoms. The number of aromatic nitrogens is 2. The van der Waals surface area contributed by atoms with Crippen molar-refractivity contribution in [3.05, 3.63) is 81.4 Å². The van der Waals surface area contributed by atoms with Crippen molar-refractivity contribution in [3.63, 3.8) is 0 Å². The van der Waals surface area contributed by atoms with Crippen molar-refractivity contribution in [1.29, 1.82) is 0 Å². The highest BCUT2D eigenvalue weighted by Gasteiger charge is 2.41. The van der Waals surface area contributed by atoms with E-state index < -0.39 is 0 Å². The highest BCUT2D eigenvalue weighted by Crippen LogP contribution is 2.42. The number of nitrogens with one attached hydrogen (secondary N) is 1. The van der Waals surface area contributed by atoms with Crippen LogP contribution in [0.1, 0.15) is 54.5 Å². The largest absolute Gasteiger partial charge is 0.495 e. The lowest BCUT2D eigenvalue weighted by molar-refractivity contribution is -0.384. The maximum absolute atomic E-state index is 11.5. The second-order valence-corrected chi connectivity index (χ2v) is 8.84. The zero-order valence-electron chi connectivity index (χ0n) is 19.8. The van der Waals surface area contributed by atoms with E-state index in [9.17, 15) is 10.1 Å². The Bertz CT molecular complexity index is 1210. The molecule has 1 saturated heterocycles. The molecule has 178 valence electrons. The van der Waals surface area contributed by atoms with Gasteiger partial charge in [0.15, 0.2) is 5.11 Å². The quantitative estimate of drug-likeness (QED) is 0.271. The maximum Gasteiger partial charge on any atom is 0.271 e. The first-order valence-corrected chi connectivity index (χ1v) is 11.8. The highest BCUT2D eigenvalue weighted by molar-refractivity contribution is 7.80. The normalized spacial score (nSPS) is 17.6. The summed E-state index contributed by atoms with van der Waals surface area (Å²) in [6, 6.07) is 12.5. The molecule has 0 saturated carbocycles. The molecule has 9 heteroatoms. The number of nitro groups is 1. The van der Waals surface area contributed by atoms with E-state index in [1.54, 1.807) is 25.4 Å². The summed E-state index contributed by atoms with van der Waals surface area (Å²) in [5.41, 5.74) is 4.62. The summed E-state index contributed by atoms with van der Waals surface area (Å²) >= 11 is 5.75. The van der Waals surface area contributed by atoms with Crippen LogP contribution in [0.25, 0.3) is 5.69 Å². The molecule has 2 aromatic heterocycles. The van der Waals surface area contributed by atoms with Gasteiger partial charge in [-0.3, -0.25) is 15.1 Å². The molecule has 1 fully saturated rings. The lowest BCUT2D eigenvalue weighted by Gasteiger charge is -2.28. The van der Waals surface area contributed by atoms with Crippen LogP contribution in [0.4, 0.5) is 5.69 Å². The fourth-order valence-electron chi connectivity index (χ4n) is 4.74. The standard InChI is InChI=1S/C25H29N5O3S/c1-5-6-13-28-24(23(27-25(28)34)20-9-7-8-12-26-20)19-14-16(2)29(17(19)3)21-15-18(30(31)32)10-11-22(21)33-4/h7-12,14-15,23-24H,5-6,13H2,1-4H3,(H,27,34)/t23-,24+/m0/s1. The lowest BCUT2D eigenvalue weighted by Crippen LogP contribution is -2.30. The first-order valence-electron chi connectivity index (χ1n) is 11.4. The van der Waals surface area contributed by atoms with Gasteiger partial charge in [0.2, 0.25) is 0 Å². The number of aryl methyl sites for hydroxylation is 1. The molecule has 3 heterocycles. The van der Waals surface area contributed by atoms with Crippen LogP contribution in [-0.4, -0.2) is 38.1 Å². The minimum Gasteiger partial charge on any atom is -0.495 e. The first kappa shape index (κ1) is 23.7. The number of unbranched alkanes of at least 4 members (excludes halogenated alkanes) is 1. The Morgan fingerprint density at radius 2 is 2.03 bits per heavy atom. The molecule has 0 spiro atoms. The van der Waals surface area contributed by atoms with Gasteiger partial charge in [-0.1, -0.05) is 19.4 Å². The Labute approximate surface area is 204 Å². The smallest absolute Gasteiger partial charge is 0.271 e. The van der Waals surface area contributed by atoms with Crippen LogP contribution in [0.3, 0.4) is 0 Å². The van der Waals surface area contributed by atoms with E-state index in [-0.39, 0.29) is 22.7 Å². The van der Waals surface area contributed by atoms with Gasteiger partial charge >= 0.3 is 0 Å². The zero-order valence-corrected chi connectivity index (χ0v) is 20.6. The summed E-state index contributed by atoms with van der Waals surface area (Å²) in [5.74, 6) is 0.572. The molecule has 8 nitrogen and oxygen atoms in total. The number of nitrogens with zero attached hydrogens (tertiary/aromatic N) is 4. The van der Waals surface area contributed by atoms with Crippen LogP contribution in [0.5, 0.6) is 5.75 Å². The third kappa shape index (κ3) is 4.23. The molecule has 1 aliphatic rings. The number of non-ortho nitro benzene ring substituents is 1. The predicted octanol–water partition coefficient (Wildman–Crippen LogP) is 5.18. The van der Waals surface area contributed by atoms with Crippen molar-refractivity contribution in [3.8, 4) is 11.4 Å². The van der Waals surface area contributed by atoms with E-state index >= 15 is 0 Å². The van der Waals surface area contributed by atoms with Crippen molar-refractivity contribution < 1.29 is 9.66 Å². The summed E-state index contributed by atoms with van der Waals surface area (Å²) in [6.07, 6.45) is 3.87. The Morgan fingerprint density at radius 3 is 2.68 bits per heavy atom. The number of rotatable bonds is 8. The molecule has 3 aromatic rings. The average Bonchev–Trinajstić information content (AvgIpc) is 3.32. The van der Waals surface area contributed by atoms with E-state index in [0.29, 0.717) is 16.5 Å². The Morgan fingerprint density at radius 1 is 1.24 bits per heavy atom. The Balaban J connectivity index is 1.86. The van der Waals surface area contributed by atoms with Gasteiger partial charge in [0.25, 0.3) is 5.69 Å². The molecule has 0 unspecified atom stereocenters. The molecular formula is C25H29N5O3S. The van der Waals surface area contributed by atoms with E-state index in [0.717, 1.165) is 42.0 Å². The van der Waals surface area contributed by atoms with E-state index in [1.165, 1.54) is 6.07 Å². The summed E-state index contributed by atoms with van der Waals surface area (Å²) in [4.78, 5) is 17.9. The number of hydrogen-bond donors (Lipinski definition) is 1. The third-order valence-electron chi connectivity index (χ3n) is 6.35. The molecule has 1 N–H and O–H groups in total. The molecule has 1 aliphatic heterocycles. The number of nitro benzene ring substituents is 1. The van der Waals surface area contributed by atoms with Crippen LogP contribution in [-0.2, 0) is 0 Å². The molecule has 0 amide bonds. The highest BCUT2D eigenvalue weighted by atomic mass is 32.1. The van der Waals surface area contributed by atoms with E-state index in [2.05, 4.69) is 28.2 Å². The Kier molecular flexibility index (Phi) is 6.83. The summed E-state index contributed by atoms with van der Waals surface area (Å²) in [7, 11) is 1.57. The fourth-order valence-corrected chi connectivity index (χ4v) is 5.07. The molecular weight excluding hydrogens is 450 g/mol. The minimum atomic E-state index is -0.388. The zero-order chi connectivity index (χ0) is 24.4. The van der Waals surface area contributed by atoms with E-state index in [1.807, 2.05) is 36.6 Å².